The zero-order valence-electron chi connectivity index (χ0n) is 8.47. The Balaban J connectivity index is 2.34. The highest BCUT2D eigenvalue weighted by Gasteiger charge is 2.09. The molecular weight excluding hydrogens is 208 g/mol. The Hall–Kier alpha value is -1.33. The van der Waals surface area contributed by atoms with E-state index in [9.17, 15) is 0 Å². The molecule has 0 amide bonds. The predicted octanol–water partition coefficient (Wildman–Crippen LogP) is 1.41. The fourth-order valence-electron chi connectivity index (χ4n) is 1.32. The molecule has 5 heteroatoms. The summed E-state index contributed by atoms with van der Waals surface area (Å²) in [5, 5.41) is 0.943. The van der Waals surface area contributed by atoms with Gasteiger partial charge in [0.1, 0.15) is 17.0 Å². The lowest BCUT2D eigenvalue weighted by Gasteiger charge is -1.92. The van der Waals surface area contributed by atoms with Gasteiger partial charge in [0.15, 0.2) is 0 Å². The van der Waals surface area contributed by atoms with Gasteiger partial charge >= 0.3 is 0 Å². The van der Waals surface area contributed by atoms with E-state index < -0.39 is 0 Å². The molecule has 0 aliphatic heterocycles. The molecule has 0 aromatic carbocycles. The van der Waals surface area contributed by atoms with Crippen LogP contribution in [0.4, 0.5) is 0 Å². The normalized spacial score (nSPS) is 10.5. The van der Waals surface area contributed by atoms with E-state index >= 15 is 0 Å². The highest BCUT2D eigenvalue weighted by Crippen LogP contribution is 2.25. The Morgan fingerprint density at radius 3 is 3.00 bits per heavy atom. The SMILES string of the molecule is Cc1nc(-c2ccncn2)sc1CCN. The van der Waals surface area contributed by atoms with E-state index in [2.05, 4.69) is 15.0 Å². The minimum Gasteiger partial charge on any atom is -0.330 e. The second kappa shape index (κ2) is 4.46. The smallest absolute Gasteiger partial charge is 0.142 e. The van der Waals surface area contributed by atoms with E-state index in [-0.39, 0.29) is 0 Å². The van der Waals surface area contributed by atoms with Gasteiger partial charge in [0, 0.05) is 11.1 Å². The summed E-state index contributed by atoms with van der Waals surface area (Å²) in [6.45, 7) is 2.67. The van der Waals surface area contributed by atoms with Crippen molar-refractivity contribution in [2.45, 2.75) is 13.3 Å². The van der Waals surface area contributed by atoms with E-state index in [0.717, 1.165) is 22.8 Å². The quantitative estimate of drug-likeness (QED) is 0.849. The lowest BCUT2D eigenvalue weighted by atomic mass is 10.3. The van der Waals surface area contributed by atoms with Crippen LogP contribution in [0, 0.1) is 6.92 Å². The molecule has 4 nitrogen and oxygen atoms in total. The molecule has 0 atom stereocenters. The van der Waals surface area contributed by atoms with Gasteiger partial charge in [0.05, 0.1) is 5.69 Å². The van der Waals surface area contributed by atoms with E-state index in [0.29, 0.717) is 6.54 Å². The Morgan fingerprint density at radius 2 is 2.33 bits per heavy atom. The number of rotatable bonds is 3. The van der Waals surface area contributed by atoms with Gasteiger partial charge in [-0.25, -0.2) is 15.0 Å². The lowest BCUT2D eigenvalue weighted by molar-refractivity contribution is 0.970. The average molecular weight is 220 g/mol. The third-order valence-corrected chi connectivity index (χ3v) is 3.30. The third-order valence-electron chi connectivity index (χ3n) is 2.07. The van der Waals surface area contributed by atoms with Gasteiger partial charge in [-0.1, -0.05) is 0 Å². The fourth-order valence-corrected chi connectivity index (χ4v) is 2.37. The van der Waals surface area contributed by atoms with Gasteiger partial charge in [0.25, 0.3) is 0 Å². The molecule has 2 rings (SSSR count). The Morgan fingerprint density at radius 1 is 1.47 bits per heavy atom. The number of hydrogen-bond acceptors (Lipinski definition) is 5. The van der Waals surface area contributed by atoms with Crippen molar-refractivity contribution in [2.75, 3.05) is 6.54 Å². The Labute approximate surface area is 92.2 Å². The Bertz CT molecular complexity index is 438. The zero-order valence-corrected chi connectivity index (χ0v) is 9.29. The molecule has 0 unspecified atom stereocenters. The first-order valence-electron chi connectivity index (χ1n) is 4.74. The molecule has 2 heterocycles. The van der Waals surface area contributed by atoms with Crippen molar-refractivity contribution < 1.29 is 0 Å². The minimum atomic E-state index is 0.659. The average Bonchev–Trinajstić information content (AvgIpc) is 2.63. The molecule has 2 aromatic heterocycles. The van der Waals surface area contributed by atoms with E-state index in [1.54, 1.807) is 17.5 Å². The summed E-state index contributed by atoms with van der Waals surface area (Å²) in [7, 11) is 0. The van der Waals surface area contributed by atoms with Gasteiger partial charge in [-0.3, -0.25) is 0 Å². The second-order valence-corrected chi connectivity index (χ2v) is 4.24. The Kier molecular flexibility index (Phi) is 3.03. The topological polar surface area (TPSA) is 64.7 Å². The van der Waals surface area contributed by atoms with Crippen LogP contribution in [0.5, 0.6) is 0 Å². The monoisotopic (exact) mass is 220 g/mol. The molecule has 15 heavy (non-hydrogen) atoms. The standard InChI is InChI=1S/C10H12N4S/c1-7-9(2-4-11)15-10(14-7)8-3-5-12-6-13-8/h3,5-6H,2,4,11H2,1H3. The molecule has 0 aliphatic carbocycles. The number of hydrogen-bond donors (Lipinski definition) is 1. The van der Waals surface area contributed by atoms with Crippen LogP contribution in [0.3, 0.4) is 0 Å². The largest absolute Gasteiger partial charge is 0.330 e. The lowest BCUT2D eigenvalue weighted by Crippen LogP contribution is -2.01. The van der Waals surface area contributed by atoms with Crippen LogP contribution in [-0.4, -0.2) is 21.5 Å². The van der Waals surface area contributed by atoms with Crippen LogP contribution in [0.15, 0.2) is 18.6 Å². The summed E-state index contributed by atoms with van der Waals surface area (Å²) in [5.74, 6) is 0. The maximum absolute atomic E-state index is 5.53. The first-order chi connectivity index (χ1) is 7.31. The number of nitrogens with zero attached hydrogens (tertiary/aromatic N) is 3. The van der Waals surface area contributed by atoms with Crippen molar-refractivity contribution in [2.24, 2.45) is 5.73 Å². The number of aromatic nitrogens is 3. The maximum Gasteiger partial charge on any atom is 0.142 e. The van der Waals surface area contributed by atoms with Crippen LogP contribution in [0.25, 0.3) is 10.7 Å². The van der Waals surface area contributed by atoms with E-state index in [4.69, 9.17) is 5.73 Å². The van der Waals surface area contributed by atoms with Crippen molar-refractivity contribution >= 4 is 11.3 Å². The van der Waals surface area contributed by atoms with E-state index in [1.807, 2.05) is 13.0 Å². The third kappa shape index (κ3) is 2.19. The number of nitrogens with two attached hydrogens (primary N) is 1. The van der Waals surface area contributed by atoms with E-state index in [1.165, 1.54) is 11.2 Å². The zero-order chi connectivity index (χ0) is 10.7. The van der Waals surface area contributed by atoms with Crippen molar-refractivity contribution in [3.8, 4) is 10.7 Å². The predicted molar refractivity (Wildman–Crippen MR) is 60.6 cm³/mol. The fraction of sp³-hybridized carbons (Fsp3) is 0.300. The summed E-state index contributed by atoms with van der Waals surface area (Å²) in [5.41, 5.74) is 7.46. The second-order valence-electron chi connectivity index (χ2n) is 3.16. The molecule has 78 valence electrons. The molecule has 0 fully saturated rings. The van der Waals surface area contributed by atoms with Crippen molar-refractivity contribution in [3.05, 3.63) is 29.2 Å². The molecule has 0 saturated heterocycles. The highest BCUT2D eigenvalue weighted by molar-refractivity contribution is 7.15. The maximum atomic E-state index is 5.53. The first kappa shape index (κ1) is 10.2. The van der Waals surface area contributed by atoms with Gasteiger partial charge in [0.2, 0.25) is 0 Å². The van der Waals surface area contributed by atoms with Crippen LogP contribution < -0.4 is 5.73 Å². The van der Waals surface area contributed by atoms with Gasteiger partial charge in [-0.15, -0.1) is 11.3 Å². The molecule has 0 radical (unpaired) electrons. The van der Waals surface area contributed by atoms with Gasteiger partial charge in [-0.05, 0) is 26.0 Å². The van der Waals surface area contributed by atoms with Crippen molar-refractivity contribution in [1.29, 1.82) is 0 Å². The summed E-state index contributed by atoms with van der Waals surface area (Å²) in [6.07, 6.45) is 4.14. The number of thiazole rings is 1. The van der Waals surface area contributed by atoms with Crippen LogP contribution in [-0.2, 0) is 6.42 Å². The van der Waals surface area contributed by atoms with Crippen LogP contribution >= 0.6 is 11.3 Å². The molecule has 0 saturated carbocycles. The van der Waals surface area contributed by atoms with Crippen molar-refractivity contribution in [3.63, 3.8) is 0 Å². The molecule has 2 aromatic rings. The summed E-state index contributed by atoms with van der Waals surface area (Å²) < 4.78 is 0. The molecule has 0 bridgehead atoms. The molecule has 0 aliphatic rings. The van der Waals surface area contributed by atoms with Crippen molar-refractivity contribution in [1.82, 2.24) is 15.0 Å². The molecule has 0 spiro atoms. The van der Waals surface area contributed by atoms with Gasteiger partial charge < -0.3 is 5.73 Å². The molecular formula is C10H12N4S. The van der Waals surface area contributed by atoms with Crippen LogP contribution in [0.2, 0.25) is 0 Å². The number of aryl methyl sites for hydroxylation is 1. The minimum absolute atomic E-state index is 0.659. The summed E-state index contributed by atoms with van der Waals surface area (Å²) in [4.78, 5) is 13.8. The summed E-state index contributed by atoms with van der Waals surface area (Å²) in [6, 6.07) is 1.87. The highest BCUT2D eigenvalue weighted by atomic mass is 32.1. The van der Waals surface area contributed by atoms with Crippen LogP contribution in [0.1, 0.15) is 10.6 Å². The summed E-state index contributed by atoms with van der Waals surface area (Å²) >= 11 is 1.66. The van der Waals surface area contributed by atoms with Gasteiger partial charge in [-0.2, -0.15) is 0 Å². The molecule has 2 N–H and O–H groups in total. The first-order valence-corrected chi connectivity index (χ1v) is 5.55.